The number of benzene rings is 2. The molecule has 1 aliphatic carbocycles. The molecule has 0 aliphatic heterocycles. The van der Waals surface area contributed by atoms with Crippen molar-refractivity contribution >= 4 is 21.6 Å². The van der Waals surface area contributed by atoms with Crippen LogP contribution in [0.5, 0.6) is 5.75 Å². The molecule has 2 aromatic carbocycles. The van der Waals surface area contributed by atoms with E-state index in [1.807, 2.05) is 0 Å². The van der Waals surface area contributed by atoms with Crippen LogP contribution in [0.15, 0.2) is 40.9 Å². The molecule has 0 saturated carbocycles. The van der Waals surface area contributed by atoms with Crippen molar-refractivity contribution in [2.24, 2.45) is 0 Å². The number of rotatable bonds is 3. The van der Waals surface area contributed by atoms with Crippen LogP contribution in [0.3, 0.4) is 0 Å². The lowest BCUT2D eigenvalue weighted by atomic mass is 9.88. The molecule has 3 rings (SSSR count). The van der Waals surface area contributed by atoms with Gasteiger partial charge in [0.05, 0.1) is 12.8 Å². The normalized spacial score (nSPS) is 17.2. The number of halogens is 1. The number of ether oxygens (including phenoxy) is 1. The number of hydrogen-bond donors (Lipinski definition) is 1. The Hall–Kier alpha value is -1.48. The monoisotopic (exact) mass is 345 g/mol. The molecule has 0 bridgehead atoms. The Bertz CT molecular complexity index is 654. The Labute approximate surface area is 134 Å². The van der Waals surface area contributed by atoms with Crippen LogP contribution >= 0.6 is 15.9 Å². The highest BCUT2D eigenvalue weighted by atomic mass is 79.9. The molecular weight excluding hydrogens is 326 g/mol. The highest BCUT2D eigenvalue weighted by Gasteiger charge is 2.19. The molecule has 0 fully saturated rings. The molecule has 0 radical (unpaired) electrons. The number of fused-ring (bicyclic) bond motifs is 1. The zero-order valence-corrected chi connectivity index (χ0v) is 14.0. The largest absolute Gasteiger partial charge is 0.495 e. The Balaban J connectivity index is 1.77. The third-order valence-electron chi connectivity index (χ3n) is 4.11. The summed E-state index contributed by atoms with van der Waals surface area (Å²) in [6.07, 6.45) is 3.35. The first-order chi connectivity index (χ1) is 10.2. The summed E-state index contributed by atoms with van der Waals surface area (Å²) in [7, 11) is 1.73. The number of nitrogens with one attached hydrogen (secondary N) is 1. The fraction of sp³-hybridized carbons (Fsp3) is 0.333. The van der Waals surface area contributed by atoms with Crippen LogP contribution in [0.1, 0.15) is 23.1 Å². The second-order valence-corrected chi connectivity index (χ2v) is 6.62. The summed E-state index contributed by atoms with van der Waals surface area (Å²) in [5, 5.41) is 3.65. The van der Waals surface area contributed by atoms with Crippen LogP contribution in [-0.2, 0) is 12.8 Å². The lowest BCUT2D eigenvalue weighted by Crippen LogP contribution is -2.27. The van der Waals surface area contributed by atoms with Gasteiger partial charge in [-0.3, -0.25) is 0 Å². The smallest absolute Gasteiger partial charge is 0.142 e. The van der Waals surface area contributed by atoms with Crippen molar-refractivity contribution < 1.29 is 4.74 Å². The maximum atomic E-state index is 5.48. The zero-order valence-electron chi connectivity index (χ0n) is 12.4. The average Bonchev–Trinajstić information content (AvgIpc) is 2.49. The highest BCUT2D eigenvalue weighted by Crippen LogP contribution is 2.30. The molecule has 110 valence electrons. The Morgan fingerprint density at radius 3 is 2.81 bits per heavy atom. The van der Waals surface area contributed by atoms with Crippen LogP contribution in [0.4, 0.5) is 5.69 Å². The molecule has 1 unspecified atom stereocenters. The minimum Gasteiger partial charge on any atom is -0.495 e. The van der Waals surface area contributed by atoms with Crippen LogP contribution in [-0.4, -0.2) is 13.2 Å². The molecule has 0 amide bonds. The predicted octanol–water partition coefficient (Wildman–Crippen LogP) is 4.74. The van der Waals surface area contributed by atoms with E-state index in [1.165, 1.54) is 21.2 Å². The van der Waals surface area contributed by atoms with Gasteiger partial charge < -0.3 is 10.1 Å². The third-order valence-corrected chi connectivity index (χ3v) is 4.61. The van der Waals surface area contributed by atoms with Gasteiger partial charge >= 0.3 is 0 Å². The Kier molecular flexibility index (Phi) is 4.20. The van der Waals surface area contributed by atoms with E-state index in [0.717, 1.165) is 30.7 Å². The van der Waals surface area contributed by atoms with Crippen molar-refractivity contribution in [1.82, 2.24) is 0 Å². The van der Waals surface area contributed by atoms with Gasteiger partial charge in [-0.2, -0.15) is 0 Å². The van der Waals surface area contributed by atoms with Crippen molar-refractivity contribution in [3.8, 4) is 5.75 Å². The van der Waals surface area contributed by atoms with Crippen LogP contribution in [0, 0.1) is 6.92 Å². The van der Waals surface area contributed by atoms with Crippen molar-refractivity contribution in [1.29, 1.82) is 0 Å². The minimum atomic E-state index is 0.468. The first kappa shape index (κ1) is 14.5. The summed E-state index contributed by atoms with van der Waals surface area (Å²) in [6.45, 7) is 2.08. The molecule has 1 aliphatic rings. The molecule has 1 N–H and O–H groups in total. The second-order valence-electron chi connectivity index (χ2n) is 5.70. The lowest BCUT2D eigenvalue weighted by Gasteiger charge is -2.27. The van der Waals surface area contributed by atoms with E-state index in [0.29, 0.717) is 6.04 Å². The molecule has 0 heterocycles. The van der Waals surface area contributed by atoms with Crippen molar-refractivity contribution in [3.63, 3.8) is 0 Å². The van der Waals surface area contributed by atoms with E-state index in [2.05, 4.69) is 64.6 Å². The average molecular weight is 346 g/mol. The maximum Gasteiger partial charge on any atom is 0.142 e. The maximum absolute atomic E-state index is 5.48. The predicted molar refractivity (Wildman–Crippen MR) is 91.3 cm³/mol. The van der Waals surface area contributed by atoms with Gasteiger partial charge in [0.1, 0.15) is 5.75 Å². The van der Waals surface area contributed by atoms with Gasteiger partial charge in [-0.15, -0.1) is 0 Å². The SMILES string of the molecule is COc1cc(C)ccc1NC1CCc2cc(Br)ccc2C1. The Morgan fingerprint density at radius 1 is 1.14 bits per heavy atom. The molecule has 0 spiro atoms. The van der Waals surface area contributed by atoms with Gasteiger partial charge in [-0.1, -0.05) is 28.1 Å². The molecule has 0 saturated heterocycles. The van der Waals surface area contributed by atoms with Gasteiger partial charge in [0.25, 0.3) is 0 Å². The van der Waals surface area contributed by atoms with Crippen molar-refractivity contribution in [2.45, 2.75) is 32.2 Å². The van der Waals surface area contributed by atoms with Gasteiger partial charge in [-0.25, -0.2) is 0 Å². The number of anilines is 1. The summed E-state index contributed by atoms with van der Waals surface area (Å²) in [6, 6.07) is 13.4. The van der Waals surface area contributed by atoms with E-state index < -0.39 is 0 Å². The van der Waals surface area contributed by atoms with E-state index in [1.54, 1.807) is 7.11 Å². The van der Waals surface area contributed by atoms with E-state index >= 15 is 0 Å². The number of aryl methyl sites for hydroxylation is 2. The molecule has 0 aromatic heterocycles. The van der Waals surface area contributed by atoms with E-state index in [4.69, 9.17) is 4.74 Å². The molecule has 1 atom stereocenters. The van der Waals surface area contributed by atoms with Gasteiger partial charge in [0, 0.05) is 10.5 Å². The second kappa shape index (κ2) is 6.10. The topological polar surface area (TPSA) is 21.3 Å². The molecule has 21 heavy (non-hydrogen) atoms. The summed E-state index contributed by atoms with van der Waals surface area (Å²) in [5.41, 5.74) is 5.23. The minimum absolute atomic E-state index is 0.468. The fourth-order valence-corrected chi connectivity index (χ4v) is 3.39. The summed E-state index contributed by atoms with van der Waals surface area (Å²) in [4.78, 5) is 0. The first-order valence-electron chi connectivity index (χ1n) is 7.34. The number of methoxy groups -OCH3 is 1. The summed E-state index contributed by atoms with van der Waals surface area (Å²) in [5.74, 6) is 0.927. The van der Waals surface area contributed by atoms with Gasteiger partial charge in [-0.05, 0) is 67.1 Å². The van der Waals surface area contributed by atoms with Gasteiger partial charge in [0.15, 0.2) is 0 Å². The van der Waals surface area contributed by atoms with Crippen LogP contribution < -0.4 is 10.1 Å². The van der Waals surface area contributed by atoms with Crippen molar-refractivity contribution in [2.75, 3.05) is 12.4 Å². The fourth-order valence-electron chi connectivity index (χ4n) is 2.98. The van der Waals surface area contributed by atoms with Gasteiger partial charge in [0.2, 0.25) is 0 Å². The standard InChI is InChI=1S/C18H20BrNO/c1-12-3-8-17(18(9-12)21-2)20-16-7-5-13-10-15(19)6-4-14(13)11-16/h3-4,6,8-10,16,20H,5,7,11H2,1-2H3. The molecule has 2 nitrogen and oxygen atoms in total. The Morgan fingerprint density at radius 2 is 2.00 bits per heavy atom. The number of hydrogen-bond acceptors (Lipinski definition) is 2. The molecule has 2 aromatic rings. The van der Waals surface area contributed by atoms with Crippen molar-refractivity contribution in [3.05, 3.63) is 57.6 Å². The lowest BCUT2D eigenvalue weighted by molar-refractivity contribution is 0.415. The van der Waals surface area contributed by atoms with E-state index in [-0.39, 0.29) is 0 Å². The van der Waals surface area contributed by atoms with E-state index in [9.17, 15) is 0 Å². The first-order valence-corrected chi connectivity index (χ1v) is 8.13. The third kappa shape index (κ3) is 3.24. The summed E-state index contributed by atoms with van der Waals surface area (Å²) < 4.78 is 6.66. The molecule has 3 heteroatoms. The summed E-state index contributed by atoms with van der Waals surface area (Å²) >= 11 is 3.55. The van der Waals surface area contributed by atoms with Crippen LogP contribution in [0.2, 0.25) is 0 Å². The highest BCUT2D eigenvalue weighted by molar-refractivity contribution is 9.10. The zero-order chi connectivity index (χ0) is 14.8. The quantitative estimate of drug-likeness (QED) is 0.867. The molecular formula is C18H20BrNO. The van der Waals surface area contributed by atoms with Crippen LogP contribution in [0.25, 0.3) is 0 Å².